The van der Waals surface area contributed by atoms with Crippen LogP contribution in [0.4, 0.5) is 32.0 Å². The van der Waals surface area contributed by atoms with Gasteiger partial charge in [0.25, 0.3) is 5.91 Å². The number of methoxy groups -OCH3 is 1. The van der Waals surface area contributed by atoms with Crippen LogP contribution in [0.2, 0.25) is 0 Å². The first kappa shape index (κ1) is 28.5. The summed E-state index contributed by atoms with van der Waals surface area (Å²) in [5, 5.41) is 3.29. The first-order valence-electron chi connectivity index (χ1n) is 12.4. The lowest BCUT2D eigenvalue weighted by Crippen LogP contribution is -2.42. The number of carbonyl (C=O) groups is 1. The second-order valence-corrected chi connectivity index (χ2v) is 9.50. The molecule has 1 fully saturated rings. The molecular formula is C29H28F6N2O2. The average molecular weight is 551 g/mol. The fraction of sp³-hybridized carbons (Fsp3) is 0.345. The molecule has 0 bridgehead atoms. The number of alkyl halides is 6. The molecule has 0 radical (unpaired) electrons. The molecule has 2 unspecified atom stereocenters. The first-order valence-corrected chi connectivity index (χ1v) is 12.4. The van der Waals surface area contributed by atoms with Crippen LogP contribution in [0, 0.1) is 0 Å². The SMILES string of the molecule is COCCNc1cccc(C2CCN(C(=O)c3cc(C(F)(F)F)cc(C(F)(F)F)c3)CC2c2ccccc2)c1. The molecule has 4 rings (SSSR count). The van der Waals surface area contributed by atoms with Crippen LogP contribution < -0.4 is 5.32 Å². The van der Waals surface area contributed by atoms with Gasteiger partial charge >= 0.3 is 12.4 Å². The van der Waals surface area contributed by atoms with E-state index in [2.05, 4.69) is 5.32 Å². The van der Waals surface area contributed by atoms with E-state index in [4.69, 9.17) is 4.74 Å². The van der Waals surface area contributed by atoms with Gasteiger partial charge in [0.05, 0.1) is 17.7 Å². The van der Waals surface area contributed by atoms with Crippen LogP contribution in [0.1, 0.15) is 50.9 Å². The quantitative estimate of drug-likeness (QED) is 0.250. The van der Waals surface area contributed by atoms with Crippen LogP contribution in [-0.2, 0) is 17.1 Å². The summed E-state index contributed by atoms with van der Waals surface area (Å²) in [7, 11) is 1.61. The number of nitrogens with zero attached hydrogens (tertiary/aromatic N) is 1. The molecule has 0 saturated carbocycles. The fourth-order valence-corrected chi connectivity index (χ4v) is 5.01. The molecule has 0 aromatic heterocycles. The summed E-state index contributed by atoms with van der Waals surface area (Å²) >= 11 is 0. The van der Waals surface area contributed by atoms with Gasteiger partial charge in [-0.1, -0.05) is 42.5 Å². The number of hydrogen-bond donors (Lipinski definition) is 1. The normalized spacial score (nSPS) is 18.2. The highest BCUT2D eigenvalue weighted by Crippen LogP contribution is 2.41. The Morgan fingerprint density at radius 2 is 1.51 bits per heavy atom. The lowest BCUT2D eigenvalue weighted by molar-refractivity contribution is -0.143. The van der Waals surface area contributed by atoms with Crippen molar-refractivity contribution in [1.29, 1.82) is 0 Å². The Kier molecular flexibility index (Phi) is 8.54. The lowest BCUT2D eigenvalue weighted by atomic mass is 9.76. The van der Waals surface area contributed by atoms with E-state index in [1.807, 2.05) is 54.6 Å². The van der Waals surface area contributed by atoms with Crippen molar-refractivity contribution in [2.75, 3.05) is 38.7 Å². The van der Waals surface area contributed by atoms with Gasteiger partial charge in [-0.05, 0) is 53.8 Å². The summed E-state index contributed by atoms with van der Waals surface area (Å²) in [6, 6.07) is 18.3. The van der Waals surface area contributed by atoms with Crippen LogP contribution in [0.5, 0.6) is 0 Å². The third-order valence-corrected chi connectivity index (χ3v) is 6.91. The van der Waals surface area contributed by atoms with Gasteiger partial charge in [0.15, 0.2) is 0 Å². The van der Waals surface area contributed by atoms with Crippen LogP contribution in [-0.4, -0.2) is 44.2 Å². The Morgan fingerprint density at radius 1 is 0.872 bits per heavy atom. The number of likely N-dealkylation sites (tertiary alicyclic amines) is 1. The number of hydrogen-bond acceptors (Lipinski definition) is 3. The number of rotatable bonds is 7. The second kappa shape index (κ2) is 11.7. The zero-order chi connectivity index (χ0) is 28.2. The summed E-state index contributed by atoms with van der Waals surface area (Å²) in [6.07, 6.45) is -9.58. The average Bonchev–Trinajstić information content (AvgIpc) is 2.92. The van der Waals surface area contributed by atoms with E-state index in [1.165, 1.54) is 4.90 Å². The van der Waals surface area contributed by atoms with Crippen molar-refractivity contribution in [3.05, 3.63) is 101 Å². The van der Waals surface area contributed by atoms with Crippen molar-refractivity contribution in [3.8, 4) is 0 Å². The van der Waals surface area contributed by atoms with Gasteiger partial charge in [-0.25, -0.2) is 0 Å². The lowest BCUT2D eigenvalue weighted by Gasteiger charge is -2.39. The summed E-state index contributed by atoms with van der Waals surface area (Å²) in [6.45, 7) is 1.48. The number of halogens is 6. The van der Waals surface area contributed by atoms with Gasteiger partial charge in [0, 0.05) is 43.9 Å². The Hall–Kier alpha value is -3.53. The molecule has 2 atom stereocenters. The third-order valence-electron chi connectivity index (χ3n) is 6.91. The van der Waals surface area contributed by atoms with Crippen molar-refractivity contribution in [3.63, 3.8) is 0 Å². The number of amides is 1. The van der Waals surface area contributed by atoms with E-state index in [9.17, 15) is 31.1 Å². The summed E-state index contributed by atoms with van der Waals surface area (Å²) < 4.78 is 85.4. The van der Waals surface area contributed by atoms with Crippen molar-refractivity contribution >= 4 is 11.6 Å². The molecule has 10 heteroatoms. The van der Waals surface area contributed by atoms with Gasteiger partial charge in [0.1, 0.15) is 0 Å². The predicted molar refractivity (Wildman–Crippen MR) is 136 cm³/mol. The van der Waals surface area contributed by atoms with Crippen molar-refractivity contribution < 1.29 is 35.9 Å². The van der Waals surface area contributed by atoms with Gasteiger partial charge in [-0.2, -0.15) is 26.3 Å². The minimum absolute atomic E-state index is 0.0205. The number of anilines is 1. The standard InChI is InChI=1S/C29H28F6N2O2/c1-39-13-11-36-24-9-5-8-20(16-24)25-10-12-37(18-26(25)19-6-3-2-4-7-19)27(38)21-14-22(28(30,31)32)17-23(15-21)29(33,34)35/h2-9,14-17,25-26,36H,10-13,18H2,1H3. The molecule has 208 valence electrons. The Balaban J connectivity index is 1.65. The molecule has 0 aliphatic carbocycles. The molecule has 3 aromatic carbocycles. The topological polar surface area (TPSA) is 41.6 Å². The van der Waals surface area contributed by atoms with Crippen molar-refractivity contribution in [2.24, 2.45) is 0 Å². The predicted octanol–water partition coefficient (Wildman–Crippen LogP) is 7.20. The molecule has 1 N–H and O–H groups in total. The zero-order valence-electron chi connectivity index (χ0n) is 21.1. The van der Waals surface area contributed by atoms with E-state index < -0.39 is 35.0 Å². The van der Waals surface area contributed by atoms with Crippen molar-refractivity contribution in [2.45, 2.75) is 30.6 Å². The zero-order valence-corrected chi connectivity index (χ0v) is 21.1. The molecule has 1 saturated heterocycles. The molecule has 1 amide bonds. The van der Waals surface area contributed by atoms with E-state index in [0.29, 0.717) is 31.7 Å². The van der Waals surface area contributed by atoms with Crippen LogP contribution in [0.25, 0.3) is 0 Å². The molecule has 0 spiro atoms. The number of piperidine rings is 1. The highest BCUT2D eigenvalue weighted by Gasteiger charge is 2.39. The number of ether oxygens (including phenoxy) is 1. The second-order valence-electron chi connectivity index (χ2n) is 9.50. The Bertz CT molecular complexity index is 1240. The maximum atomic E-state index is 13.4. The third kappa shape index (κ3) is 6.92. The Morgan fingerprint density at radius 3 is 2.13 bits per heavy atom. The molecule has 1 aliphatic rings. The van der Waals surface area contributed by atoms with Gasteiger partial charge < -0.3 is 15.0 Å². The highest BCUT2D eigenvalue weighted by molar-refractivity contribution is 5.95. The number of carbonyl (C=O) groups excluding carboxylic acids is 1. The van der Waals surface area contributed by atoms with Gasteiger partial charge in [0.2, 0.25) is 0 Å². The summed E-state index contributed by atoms with van der Waals surface area (Å²) in [4.78, 5) is 14.7. The minimum Gasteiger partial charge on any atom is -0.383 e. The van der Waals surface area contributed by atoms with Crippen molar-refractivity contribution in [1.82, 2.24) is 4.90 Å². The molecule has 1 heterocycles. The summed E-state index contributed by atoms with van der Waals surface area (Å²) in [5.74, 6) is -1.10. The minimum atomic E-state index is -5.03. The Labute approximate surface area is 222 Å². The van der Waals surface area contributed by atoms with Crippen LogP contribution in [0.15, 0.2) is 72.8 Å². The monoisotopic (exact) mass is 550 g/mol. The molecule has 4 nitrogen and oxygen atoms in total. The van der Waals surface area contributed by atoms with E-state index in [-0.39, 0.29) is 31.0 Å². The first-order chi connectivity index (χ1) is 18.5. The van der Waals surface area contributed by atoms with Crippen LogP contribution in [0.3, 0.4) is 0 Å². The number of nitrogens with one attached hydrogen (secondary N) is 1. The van der Waals surface area contributed by atoms with E-state index >= 15 is 0 Å². The maximum Gasteiger partial charge on any atom is 0.416 e. The molecule has 39 heavy (non-hydrogen) atoms. The highest BCUT2D eigenvalue weighted by atomic mass is 19.4. The molecular weight excluding hydrogens is 522 g/mol. The molecule has 1 aliphatic heterocycles. The van der Waals surface area contributed by atoms with Crippen LogP contribution >= 0.6 is 0 Å². The van der Waals surface area contributed by atoms with E-state index in [1.54, 1.807) is 7.11 Å². The van der Waals surface area contributed by atoms with Gasteiger partial charge in [-0.3, -0.25) is 4.79 Å². The molecule has 3 aromatic rings. The van der Waals surface area contributed by atoms with Gasteiger partial charge in [-0.15, -0.1) is 0 Å². The fourth-order valence-electron chi connectivity index (χ4n) is 5.01. The largest absolute Gasteiger partial charge is 0.416 e. The summed E-state index contributed by atoms with van der Waals surface area (Å²) in [5.41, 5.74) is -0.791. The number of benzene rings is 3. The van der Waals surface area contributed by atoms with E-state index in [0.717, 1.165) is 16.8 Å². The smallest absolute Gasteiger partial charge is 0.383 e. The maximum absolute atomic E-state index is 13.4.